The van der Waals surface area contributed by atoms with Gasteiger partial charge in [-0.05, 0) is 18.5 Å². The van der Waals surface area contributed by atoms with Gasteiger partial charge in [0.2, 0.25) is 0 Å². The molecule has 0 saturated carbocycles. The Kier molecular flexibility index (Phi) is 4.38. The summed E-state index contributed by atoms with van der Waals surface area (Å²) < 4.78 is 0. The number of hydrogen-bond acceptors (Lipinski definition) is 2. The molecule has 1 heterocycles. The Morgan fingerprint density at radius 1 is 1.31 bits per heavy atom. The third kappa shape index (κ3) is 3.06. The van der Waals surface area contributed by atoms with Crippen molar-refractivity contribution in [3.05, 3.63) is 35.9 Å². The first-order chi connectivity index (χ1) is 7.79. The second kappa shape index (κ2) is 5.80. The van der Waals surface area contributed by atoms with Crippen LogP contribution in [0, 0.1) is 5.92 Å². The fourth-order valence-electron chi connectivity index (χ4n) is 2.24. The number of aliphatic hydroxyl groups is 1. The van der Waals surface area contributed by atoms with Crippen molar-refractivity contribution >= 4 is 15.9 Å². The Bertz CT molecular complexity index is 317. The Labute approximate surface area is 105 Å². The van der Waals surface area contributed by atoms with Crippen molar-refractivity contribution in [2.24, 2.45) is 5.92 Å². The lowest BCUT2D eigenvalue weighted by Crippen LogP contribution is -2.41. The SMILES string of the molecule is OC[C@@H]1CN(Cc2ccccc2)CC[C@H]1Br. The summed E-state index contributed by atoms with van der Waals surface area (Å²) in [6.45, 7) is 3.38. The van der Waals surface area contributed by atoms with Crippen molar-refractivity contribution in [1.29, 1.82) is 0 Å². The molecule has 1 N–H and O–H groups in total. The average molecular weight is 284 g/mol. The standard InChI is InChI=1S/C13H18BrNO/c14-13-6-7-15(9-12(13)10-16)8-11-4-2-1-3-5-11/h1-5,12-13,16H,6-10H2/t12-,13+/m0/s1. The van der Waals surface area contributed by atoms with E-state index in [-0.39, 0.29) is 6.61 Å². The van der Waals surface area contributed by atoms with Gasteiger partial charge in [-0.3, -0.25) is 4.90 Å². The highest BCUT2D eigenvalue weighted by atomic mass is 79.9. The zero-order valence-corrected chi connectivity index (χ0v) is 10.9. The molecule has 1 aromatic carbocycles. The van der Waals surface area contributed by atoms with E-state index in [0.29, 0.717) is 10.7 Å². The van der Waals surface area contributed by atoms with Crippen LogP contribution in [0.3, 0.4) is 0 Å². The van der Waals surface area contributed by atoms with Crippen LogP contribution >= 0.6 is 15.9 Å². The smallest absolute Gasteiger partial charge is 0.0482 e. The predicted molar refractivity (Wildman–Crippen MR) is 69.6 cm³/mol. The van der Waals surface area contributed by atoms with Gasteiger partial charge in [0.15, 0.2) is 0 Å². The average Bonchev–Trinajstić information content (AvgIpc) is 2.33. The number of alkyl halides is 1. The molecule has 2 atom stereocenters. The van der Waals surface area contributed by atoms with Crippen LogP contribution in [0.4, 0.5) is 0 Å². The van der Waals surface area contributed by atoms with Gasteiger partial charge >= 0.3 is 0 Å². The van der Waals surface area contributed by atoms with Crippen LogP contribution in [0.15, 0.2) is 30.3 Å². The molecule has 0 unspecified atom stereocenters. The number of aliphatic hydroxyl groups excluding tert-OH is 1. The van der Waals surface area contributed by atoms with Gasteiger partial charge in [0.05, 0.1) is 0 Å². The minimum atomic E-state index is 0.279. The Morgan fingerprint density at radius 3 is 2.75 bits per heavy atom. The second-order valence-corrected chi connectivity index (χ2v) is 5.64. The summed E-state index contributed by atoms with van der Waals surface area (Å²) >= 11 is 3.64. The zero-order valence-electron chi connectivity index (χ0n) is 9.35. The lowest BCUT2D eigenvalue weighted by molar-refractivity contribution is 0.122. The fourth-order valence-corrected chi connectivity index (χ4v) is 2.78. The number of hydrogen-bond donors (Lipinski definition) is 1. The van der Waals surface area contributed by atoms with E-state index in [4.69, 9.17) is 0 Å². The van der Waals surface area contributed by atoms with Crippen molar-refractivity contribution in [2.75, 3.05) is 19.7 Å². The normalized spacial score (nSPS) is 26.9. The molecule has 0 amide bonds. The lowest BCUT2D eigenvalue weighted by atomic mass is 9.98. The number of nitrogens with zero attached hydrogens (tertiary/aromatic N) is 1. The van der Waals surface area contributed by atoms with E-state index in [0.717, 1.165) is 26.1 Å². The van der Waals surface area contributed by atoms with Gasteiger partial charge in [0.1, 0.15) is 0 Å². The van der Waals surface area contributed by atoms with Crippen LogP contribution in [-0.2, 0) is 6.54 Å². The first-order valence-corrected chi connectivity index (χ1v) is 6.72. The first-order valence-electron chi connectivity index (χ1n) is 5.81. The maximum absolute atomic E-state index is 9.29. The van der Waals surface area contributed by atoms with Crippen LogP contribution in [0.2, 0.25) is 0 Å². The van der Waals surface area contributed by atoms with E-state index in [1.807, 2.05) is 6.07 Å². The van der Waals surface area contributed by atoms with Crippen LogP contribution < -0.4 is 0 Å². The maximum Gasteiger partial charge on any atom is 0.0482 e. The van der Waals surface area contributed by atoms with E-state index in [2.05, 4.69) is 45.1 Å². The molecule has 1 fully saturated rings. The number of piperidine rings is 1. The number of likely N-dealkylation sites (tertiary alicyclic amines) is 1. The molecular formula is C13H18BrNO. The molecule has 0 spiro atoms. The van der Waals surface area contributed by atoms with Crippen molar-refractivity contribution < 1.29 is 5.11 Å². The van der Waals surface area contributed by atoms with Crippen molar-refractivity contribution in [3.8, 4) is 0 Å². The van der Waals surface area contributed by atoms with Crippen molar-refractivity contribution in [1.82, 2.24) is 4.90 Å². The minimum Gasteiger partial charge on any atom is -0.396 e. The first kappa shape index (κ1) is 12.1. The zero-order chi connectivity index (χ0) is 11.4. The predicted octanol–water partition coefficient (Wildman–Crippen LogP) is 2.26. The van der Waals surface area contributed by atoms with Gasteiger partial charge in [-0.1, -0.05) is 46.3 Å². The van der Waals surface area contributed by atoms with Gasteiger partial charge in [0.25, 0.3) is 0 Å². The van der Waals surface area contributed by atoms with Crippen LogP contribution in [-0.4, -0.2) is 34.5 Å². The third-order valence-electron chi connectivity index (χ3n) is 3.21. The molecule has 2 nitrogen and oxygen atoms in total. The van der Waals surface area contributed by atoms with E-state index < -0.39 is 0 Å². The molecule has 0 radical (unpaired) electrons. The molecule has 2 rings (SSSR count). The van der Waals surface area contributed by atoms with Crippen molar-refractivity contribution in [3.63, 3.8) is 0 Å². The summed E-state index contributed by atoms with van der Waals surface area (Å²) in [5, 5.41) is 9.29. The van der Waals surface area contributed by atoms with E-state index in [1.165, 1.54) is 5.56 Å². The Balaban J connectivity index is 1.92. The van der Waals surface area contributed by atoms with Crippen LogP contribution in [0.25, 0.3) is 0 Å². The van der Waals surface area contributed by atoms with Gasteiger partial charge in [-0.25, -0.2) is 0 Å². The number of benzene rings is 1. The molecule has 0 aliphatic carbocycles. The summed E-state index contributed by atoms with van der Waals surface area (Å²) in [4.78, 5) is 2.90. The minimum absolute atomic E-state index is 0.279. The van der Waals surface area contributed by atoms with Gasteiger partial charge < -0.3 is 5.11 Å². The summed E-state index contributed by atoms with van der Waals surface area (Å²) in [6.07, 6.45) is 1.12. The topological polar surface area (TPSA) is 23.5 Å². The largest absolute Gasteiger partial charge is 0.396 e. The summed E-state index contributed by atoms with van der Waals surface area (Å²) in [5.74, 6) is 0.373. The van der Waals surface area contributed by atoms with Gasteiger partial charge in [-0.2, -0.15) is 0 Å². The maximum atomic E-state index is 9.29. The molecule has 1 aliphatic rings. The molecule has 1 aliphatic heterocycles. The molecule has 3 heteroatoms. The van der Waals surface area contributed by atoms with E-state index in [9.17, 15) is 5.11 Å². The Morgan fingerprint density at radius 2 is 2.06 bits per heavy atom. The Hall–Kier alpha value is -0.380. The molecule has 16 heavy (non-hydrogen) atoms. The fraction of sp³-hybridized carbons (Fsp3) is 0.538. The van der Waals surface area contributed by atoms with Gasteiger partial charge in [-0.15, -0.1) is 0 Å². The van der Waals surface area contributed by atoms with E-state index in [1.54, 1.807) is 0 Å². The summed E-state index contributed by atoms with van der Waals surface area (Å²) in [7, 11) is 0. The van der Waals surface area contributed by atoms with Crippen LogP contribution in [0.5, 0.6) is 0 Å². The monoisotopic (exact) mass is 283 g/mol. The highest BCUT2D eigenvalue weighted by Crippen LogP contribution is 2.24. The van der Waals surface area contributed by atoms with Crippen LogP contribution in [0.1, 0.15) is 12.0 Å². The summed E-state index contributed by atoms with van der Waals surface area (Å²) in [6, 6.07) is 10.5. The molecule has 0 aromatic heterocycles. The molecule has 1 saturated heterocycles. The highest BCUT2D eigenvalue weighted by molar-refractivity contribution is 9.09. The second-order valence-electron chi connectivity index (χ2n) is 4.47. The molecule has 0 bridgehead atoms. The highest BCUT2D eigenvalue weighted by Gasteiger charge is 2.26. The molecular weight excluding hydrogens is 266 g/mol. The quantitative estimate of drug-likeness (QED) is 0.861. The van der Waals surface area contributed by atoms with Crippen molar-refractivity contribution in [2.45, 2.75) is 17.8 Å². The van der Waals surface area contributed by atoms with Gasteiger partial charge in [0, 0.05) is 30.4 Å². The van der Waals surface area contributed by atoms with E-state index >= 15 is 0 Å². The number of rotatable bonds is 3. The summed E-state index contributed by atoms with van der Waals surface area (Å²) in [5.41, 5.74) is 1.35. The molecule has 1 aromatic rings. The number of halogens is 1. The molecule has 88 valence electrons. The third-order valence-corrected chi connectivity index (χ3v) is 4.41. The lowest BCUT2D eigenvalue weighted by Gasteiger charge is -2.35.